The molecule has 90 valence electrons. The lowest BCUT2D eigenvalue weighted by Gasteiger charge is -2.13. The molecule has 0 radical (unpaired) electrons. The number of benzene rings is 1. The SMILES string of the molecule is COc1ccc(OC)c(CS(=O)(=O)Cl)c1C. The van der Waals surface area contributed by atoms with E-state index in [1.807, 2.05) is 0 Å². The largest absolute Gasteiger partial charge is 0.496 e. The first-order valence-electron chi connectivity index (χ1n) is 4.52. The van der Waals surface area contributed by atoms with Crippen molar-refractivity contribution in [1.29, 1.82) is 0 Å². The highest BCUT2D eigenvalue weighted by molar-refractivity contribution is 8.13. The standard InChI is InChI=1S/C10H13ClO4S/c1-7-8(6-16(11,12)13)10(15-3)5-4-9(7)14-2/h4-5H,6H2,1-3H3. The van der Waals surface area contributed by atoms with Crippen molar-refractivity contribution in [3.8, 4) is 11.5 Å². The average molecular weight is 265 g/mol. The van der Waals surface area contributed by atoms with Gasteiger partial charge < -0.3 is 9.47 Å². The van der Waals surface area contributed by atoms with E-state index >= 15 is 0 Å². The normalized spacial score (nSPS) is 11.2. The smallest absolute Gasteiger partial charge is 0.236 e. The third-order valence-corrected chi connectivity index (χ3v) is 3.22. The predicted molar refractivity (Wildman–Crippen MR) is 62.8 cm³/mol. The summed E-state index contributed by atoms with van der Waals surface area (Å²) in [7, 11) is 4.62. The third-order valence-electron chi connectivity index (χ3n) is 2.26. The van der Waals surface area contributed by atoms with Crippen molar-refractivity contribution < 1.29 is 17.9 Å². The van der Waals surface area contributed by atoms with Gasteiger partial charge in [-0.25, -0.2) is 8.42 Å². The molecule has 4 nitrogen and oxygen atoms in total. The summed E-state index contributed by atoms with van der Waals surface area (Å²) in [5, 5.41) is 0. The Kier molecular flexibility index (Phi) is 4.04. The fourth-order valence-corrected chi connectivity index (χ4v) is 2.51. The van der Waals surface area contributed by atoms with Crippen LogP contribution in [0.3, 0.4) is 0 Å². The Morgan fingerprint density at radius 1 is 1.19 bits per heavy atom. The first-order valence-corrected chi connectivity index (χ1v) is 6.99. The molecule has 0 heterocycles. The highest BCUT2D eigenvalue weighted by Gasteiger charge is 2.17. The Balaban J connectivity index is 3.32. The number of ether oxygens (including phenoxy) is 2. The molecule has 0 spiro atoms. The summed E-state index contributed by atoms with van der Waals surface area (Å²) in [4.78, 5) is 0. The van der Waals surface area contributed by atoms with Crippen LogP contribution in [0.5, 0.6) is 11.5 Å². The van der Waals surface area contributed by atoms with Gasteiger partial charge in [0.1, 0.15) is 11.5 Å². The summed E-state index contributed by atoms with van der Waals surface area (Å²) in [6.07, 6.45) is 0. The van der Waals surface area contributed by atoms with Gasteiger partial charge >= 0.3 is 0 Å². The van der Waals surface area contributed by atoms with Crippen LogP contribution >= 0.6 is 10.7 Å². The molecule has 0 aliphatic rings. The lowest BCUT2D eigenvalue weighted by Crippen LogP contribution is -2.02. The highest BCUT2D eigenvalue weighted by atomic mass is 35.7. The van der Waals surface area contributed by atoms with Crippen LogP contribution in [0.1, 0.15) is 11.1 Å². The maximum absolute atomic E-state index is 11.1. The van der Waals surface area contributed by atoms with Crippen molar-refractivity contribution in [3.05, 3.63) is 23.3 Å². The molecule has 0 saturated carbocycles. The molecule has 16 heavy (non-hydrogen) atoms. The van der Waals surface area contributed by atoms with Crippen molar-refractivity contribution in [2.45, 2.75) is 12.7 Å². The molecule has 0 fully saturated rings. The van der Waals surface area contributed by atoms with Gasteiger partial charge in [-0.1, -0.05) is 0 Å². The minimum Gasteiger partial charge on any atom is -0.496 e. The molecule has 0 aliphatic carbocycles. The van der Waals surface area contributed by atoms with E-state index in [9.17, 15) is 8.42 Å². The van der Waals surface area contributed by atoms with E-state index in [0.717, 1.165) is 0 Å². The summed E-state index contributed by atoms with van der Waals surface area (Å²) in [5.74, 6) is 0.819. The van der Waals surface area contributed by atoms with Gasteiger partial charge in [-0.3, -0.25) is 0 Å². The second kappa shape index (κ2) is 4.93. The molecule has 1 rings (SSSR count). The van der Waals surface area contributed by atoms with Crippen LogP contribution in [-0.4, -0.2) is 22.6 Å². The molecule has 0 aliphatic heterocycles. The summed E-state index contributed by atoms with van der Waals surface area (Å²) in [6.45, 7) is 1.76. The van der Waals surface area contributed by atoms with Crippen LogP contribution in [0.2, 0.25) is 0 Å². The van der Waals surface area contributed by atoms with Gasteiger partial charge in [0.2, 0.25) is 9.05 Å². The van der Waals surface area contributed by atoms with E-state index < -0.39 is 9.05 Å². The molecule has 1 aromatic carbocycles. The molecule has 0 aromatic heterocycles. The van der Waals surface area contributed by atoms with Crippen LogP contribution in [0.25, 0.3) is 0 Å². The molecule has 0 saturated heterocycles. The number of hydrogen-bond donors (Lipinski definition) is 0. The third kappa shape index (κ3) is 3.02. The molecule has 6 heteroatoms. The minimum atomic E-state index is -3.62. The topological polar surface area (TPSA) is 52.6 Å². The summed E-state index contributed by atoms with van der Waals surface area (Å²) >= 11 is 0. The zero-order valence-electron chi connectivity index (χ0n) is 9.28. The van der Waals surface area contributed by atoms with Gasteiger partial charge in [-0.2, -0.15) is 0 Å². The molecule has 1 aromatic rings. The monoisotopic (exact) mass is 264 g/mol. The predicted octanol–water partition coefficient (Wildman–Crippen LogP) is 2.08. The molecule has 0 unspecified atom stereocenters. The number of rotatable bonds is 4. The van der Waals surface area contributed by atoms with Gasteiger partial charge in [-0.05, 0) is 24.6 Å². The molecular weight excluding hydrogens is 252 g/mol. The van der Waals surface area contributed by atoms with E-state index in [1.54, 1.807) is 19.1 Å². The molecule has 0 amide bonds. The van der Waals surface area contributed by atoms with Crippen molar-refractivity contribution in [3.63, 3.8) is 0 Å². The van der Waals surface area contributed by atoms with Gasteiger partial charge in [0.05, 0.1) is 20.0 Å². The average Bonchev–Trinajstić information content (AvgIpc) is 2.19. The molecule has 0 atom stereocenters. The Hall–Kier alpha value is -0.940. The lowest BCUT2D eigenvalue weighted by molar-refractivity contribution is 0.397. The maximum atomic E-state index is 11.1. The Bertz CT molecular complexity index is 482. The summed E-state index contributed by atoms with van der Waals surface area (Å²) in [6, 6.07) is 3.38. The fraction of sp³-hybridized carbons (Fsp3) is 0.400. The van der Waals surface area contributed by atoms with Gasteiger partial charge in [0.25, 0.3) is 0 Å². The van der Waals surface area contributed by atoms with Crippen molar-refractivity contribution in [2.75, 3.05) is 14.2 Å². The van der Waals surface area contributed by atoms with Crippen LogP contribution in [0.15, 0.2) is 12.1 Å². The van der Waals surface area contributed by atoms with Crippen LogP contribution in [-0.2, 0) is 14.8 Å². The lowest BCUT2D eigenvalue weighted by atomic mass is 10.1. The second-order valence-corrected chi connectivity index (χ2v) is 6.03. The first kappa shape index (κ1) is 13.1. The van der Waals surface area contributed by atoms with E-state index in [4.69, 9.17) is 20.2 Å². The van der Waals surface area contributed by atoms with E-state index in [0.29, 0.717) is 22.6 Å². The summed E-state index contributed by atoms with van der Waals surface area (Å²) in [5.41, 5.74) is 1.24. The maximum Gasteiger partial charge on any atom is 0.236 e. The zero-order valence-corrected chi connectivity index (χ0v) is 10.9. The first-order chi connectivity index (χ1) is 7.39. The van der Waals surface area contributed by atoms with E-state index in [-0.39, 0.29) is 5.75 Å². The highest BCUT2D eigenvalue weighted by Crippen LogP contribution is 2.31. The van der Waals surface area contributed by atoms with Crippen LogP contribution in [0.4, 0.5) is 0 Å². The van der Waals surface area contributed by atoms with Crippen molar-refractivity contribution in [1.82, 2.24) is 0 Å². The zero-order chi connectivity index (χ0) is 12.3. The van der Waals surface area contributed by atoms with Crippen molar-refractivity contribution in [2.24, 2.45) is 0 Å². The number of hydrogen-bond acceptors (Lipinski definition) is 4. The van der Waals surface area contributed by atoms with Gasteiger partial charge in [-0.15, -0.1) is 0 Å². The summed E-state index contributed by atoms with van der Waals surface area (Å²) < 4.78 is 32.4. The number of methoxy groups -OCH3 is 2. The molecule has 0 bridgehead atoms. The van der Waals surface area contributed by atoms with Crippen LogP contribution < -0.4 is 9.47 Å². The van der Waals surface area contributed by atoms with E-state index in [2.05, 4.69) is 0 Å². The number of halogens is 1. The van der Waals surface area contributed by atoms with Gasteiger partial charge in [0.15, 0.2) is 0 Å². The second-order valence-electron chi connectivity index (χ2n) is 3.26. The minimum absolute atomic E-state index is 0.277. The molecule has 0 N–H and O–H groups in total. The molecular formula is C10H13ClO4S. The van der Waals surface area contributed by atoms with Crippen molar-refractivity contribution >= 4 is 19.7 Å². The Labute approximate surface area is 99.6 Å². The quantitative estimate of drug-likeness (QED) is 0.782. The van der Waals surface area contributed by atoms with Crippen LogP contribution in [0, 0.1) is 6.92 Å². The Morgan fingerprint density at radius 2 is 1.69 bits per heavy atom. The van der Waals surface area contributed by atoms with E-state index in [1.165, 1.54) is 14.2 Å². The van der Waals surface area contributed by atoms with Gasteiger partial charge in [0, 0.05) is 16.2 Å². The Morgan fingerprint density at radius 3 is 2.12 bits per heavy atom. The fourth-order valence-electron chi connectivity index (χ4n) is 1.47.